The van der Waals surface area contributed by atoms with Gasteiger partial charge in [0.15, 0.2) is 0 Å². The van der Waals surface area contributed by atoms with Crippen molar-refractivity contribution in [2.75, 3.05) is 13.6 Å². The van der Waals surface area contributed by atoms with Crippen LogP contribution in [-0.4, -0.2) is 29.5 Å². The van der Waals surface area contributed by atoms with Gasteiger partial charge in [0.1, 0.15) is 0 Å². The minimum Gasteiger partial charge on any atom is -0.302 e. The number of hydrogen-bond donors (Lipinski definition) is 0. The van der Waals surface area contributed by atoms with Crippen LogP contribution in [-0.2, 0) is 6.42 Å². The molecule has 3 atom stereocenters. The van der Waals surface area contributed by atoms with Gasteiger partial charge in [-0.15, -0.1) is 0 Å². The van der Waals surface area contributed by atoms with E-state index in [1.165, 1.54) is 19.3 Å². The summed E-state index contributed by atoms with van der Waals surface area (Å²) in [6, 6.07) is 9.00. The van der Waals surface area contributed by atoms with Gasteiger partial charge in [0.05, 0.1) is 12.0 Å². The van der Waals surface area contributed by atoms with Crippen molar-refractivity contribution in [2.45, 2.75) is 45.1 Å². The molecule has 1 aliphatic rings. The standard InChI is InChI=1S/C17H25N3/c1-3-14-7-8-15(13-18)17(12-14)20(2)11-9-16-6-4-5-10-19-16/h4-6,10,14-15,17H,3,7-9,11-12H2,1-2H3. The van der Waals surface area contributed by atoms with E-state index < -0.39 is 0 Å². The molecule has 0 bridgehead atoms. The van der Waals surface area contributed by atoms with Gasteiger partial charge in [0.2, 0.25) is 0 Å². The maximum absolute atomic E-state index is 9.37. The highest BCUT2D eigenvalue weighted by Crippen LogP contribution is 2.33. The first kappa shape index (κ1) is 15.0. The fraction of sp³-hybridized carbons (Fsp3) is 0.647. The average Bonchev–Trinajstić information content (AvgIpc) is 2.52. The molecule has 1 heterocycles. The van der Waals surface area contributed by atoms with Crippen LogP contribution in [0, 0.1) is 23.2 Å². The van der Waals surface area contributed by atoms with E-state index in [9.17, 15) is 5.26 Å². The molecule has 0 aromatic carbocycles. The van der Waals surface area contributed by atoms with Crippen LogP contribution in [0.2, 0.25) is 0 Å². The van der Waals surface area contributed by atoms with E-state index in [2.05, 4.69) is 36.0 Å². The second kappa shape index (κ2) is 7.40. The Bertz CT molecular complexity index is 437. The van der Waals surface area contributed by atoms with Crippen molar-refractivity contribution >= 4 is 0 Å². The average molecular weight is 271 g/mol. The lowest BCUT2D eigenvalue weighted by Gasteiger charge is -2.38. The van der Waals surface area contributed by atoms with Gasteiger partial charge in [-0.3, -0.25) is 4.98 Å². The van der Waals surface area contributed by atoms with Crippen molar-refractivity contribution < 1.29 is 0 Å². The topological polar surface area (TPSA) is 39.9 Å². The largest absolute Gasteiger partial charge is 0.302 e. The summed E-state index contributed by atoms with van der Waals surface area (Å²) >= 11 is 0. The minimum absolute atomic E-state index is 0.200. The molecule has 0 amide bonds. The lowest BCUT2D eigenvalue weighted by atomic mass is 9.77. The second-order valence-electron chi connectivity index (χ2n) is 5.94. The third-order valence-corrected chi connectivity index (χ3v) is 4.68. The highest BCUT2D eigenvalue weighted by molar-refractivity contribution is 5.04. The van der Waals surface area contributed by atoms with Gasteiger partial charge in [-0.05, 0) is 44.4 Å². The first-order valence-corrected chi connectivity index (χ1v) is 7.74. The lowest BCUT2D eigenvalue weighted by Crippen LogP contribution is -2.42. The number of aromatic nitrogens is 1. The van der Waals surface area contributed by atoms with Crippen LogP contribution in [0.15, 0.2) is 24.4 Å². The Morgan fingerprint density at radius 2 is 2.25 bits per heavy atom. The molecule has 1 saturated carbocycles. The van der Waals surface area contributed by atoms with Crippen LogP contribution in [0.5, 0.6) is 0 Å². The molecule has 0 aliphatic heterocycles. The summed E-state index contributed by atoms with van der Waals surface area (Å²) in [4.78, 5) is 6.75. The number of nitrogens with zero attached hydrogens (tertiary/aromatic N) is 3. The van der Waals surface area contributed by atoms with Crippen molar-refractivity contribution in [1.29, 1.82) is 5.26 Å². The van der Waals surface area contributed by atoms with E-state index in [1.54, 1.807) is 0 Å². The zero-order chi connectivity index (χ0) is 14.4. The molecule has 2 rings (SSSR count). The lowest BCUT2D eigenvalue weighted by molar-refractivity contribution is 0.124. The van der Waals surface area contributed by atoms with E-state index in [-0.39, 0.29) is 5.92 Å². The highest BCUT2D eigenvalue weighted by Gasteiger charge is 2.32. The van der Waals surface area contributed by atoms with Gasteiger partial charge in [0, 0.05) is 30.9 Å². The van der Waals surface area contributed by atoms with Crippen LogP contribution in [0.4, 0.5) is 0 Å². The van der Waals surface area contributed by atoms with E-state index in [0.29, 0.717) is 6.04 Å². The fourth-order valence-electron chi connectivity index (χ4n) is 3.24. The molecule has 3 heteroatoms. The van der Waals surface area contributed by atoms with Crippen molar-refractivity contribution in [1.82, 2.24) is 9.88 Å². The van der Waals surface area contributed by atoms with Crippen molar-refractivity contribution in [2.24, 2.45) is 11.8 Å². The Balaban J connectivity index is 1.92. The summed E-state index contributed by atoms with van der Waals surface area (Å²) in [5.74, 6) is 0.994. The maximum Gasteiger partial charge on any atom is 0.0672 e. The summed E-state index contributed by atoms with van der Waals surface area (Å²) in [5.41, 5.74) is 1.13. The van der Waals surface area contributed by atoms with Crippen LogP contribution in [0.3, 0.4) is 0 Å². The van der Waals surface area contributed by atoms with Gasteiger partial charge >= 0.3 is 0 Å². The number of likely N-dealkylation sites (N-methyl/N-ethyl adjacent to an activating group) is 1. The molecule has 3 unspecified atom stereocenters. The van der Waals surface area contributed by atoms with Gasteiger partial charge < -0.3 is 4.90 Å². The van der Waals surface area contributed by atoms with Gasteiger partial charge in [-0.25, -0.2) is 0 Å². The van der Waals surface area contributed by atoms with Gasteiger partial charge in [0.25, 0.3) is 0 Å². The molecule has 1 aromatic heterocycles. The molecule has 3 nitrogen and oxygen atoms in total. The molecular formula is C17H25N3. The summed E-state index contributed by atoms with van der Waals surface area (Å²) in [6.45, 7) is 3.25. The minimum atomic E-state index is 0.200. The molecule has 108 valence electrons. The Kier molecular flexibility index (Phi) is 5.55. The normalized spacial score (nSPS) is 26.4. The monoisotopic (exact) mass is 271 g/mol. The predicted octanol–water partition coefficient (Wildman–Crippen LogP) is 3.27. The van der Waals surface area contributed by atoms with Gasteiger partial charge in [-0.2, -0.15) is 5.26 Å². The fourth-order valence-corrected chi connectivity index (χ4v) is 3.24. The summed E-state index contributed by atoms with van der Waals surface area (Å²) in [6.07, 6.45) is 7.51. The number of nitriles is 1. The summed E-state index contributed by atoms with van der Waals surface area (Å²) < 4.78 is 0. The van der Waals surface area contributed by atoms with Crippen molar-refractivity contribution in [3.05, 3.63) is 30.1 Å². The smallest absolute Gasteiger partial charge is 0.0672 e. The molecule has 0 saturated heterocycles. The Morgan fingerprint density at radius 3 is 2.90 bits per heavy atom. The molecule has 1 aromatic rings. The van der Waals surface area contributed by atoms with Crippen LogP contribution < -0.4 is 0 Å². The number of rotatable bonds is 5. The quantitative estimate of drug-likeness (QED) is 0.825. The van der Waals surface area contributed by atoms with Gasteiger partial charge in [-0.1, -0.05) is 19.4 Å². The maximum atomic E-state index is 9.37. The van der Waals surface area contributed by atoms with Crippen molar-refractivity contribution in [3.63, 3.8) is 0 Å². The molecular weight excluding hydrogens is 246 g/mol. The number of pyridine rings is 1. The third kappa shape index (κ3) is 3.80. The Morgan fingerprint density at radius 1 is 1.40 bits per heavy atom. The highest BCUT2D eigenvalue weighted by atomic mass is 15.1. The van der Waals surface area contributed by atoms with E-state index in [0.717, 1.165) is 31.0 Å². The molecule has 0 radical (unpaired) electrons. The summed E-state index contributed by atoms with van der Waals surface area (Å²) in [7, 11) is 2.16. The molecule has 1 fully saturated rings. The third-order valence-electron chi connectivity index (χ3n) is 4.68. The zero-order valence-corrected chi connectivity index (χ0v) is 12.6. The molecule has 1 aliphatic carbocycles. The first-order valence-electron chi connectivity index (χ1n) is 7.74. The SMILES string of the molecule is CCC1CCC(C#N)C(N(C)CCc2ccccn2)C1. The van der Waals surface area contributed by atoms with Crippen molar-refractivity contribution in [3.8, 4) is 6.07 Å². The van der Waals surface area contributed by atoms with Crippen LogP contribution >= 0.6 is 0 Å². The van der Waals surface area contributed by atoms with E-state index in [1.807, 2.05) is 18.3 Å². The van der Waals surface area contributed by atoms with Crippen LogP contribution in [0.25, 0.3) is 0 Å². The number of hydrogen-bond acceptors (Lipinski definition) is 3. The Hall–Kier alpha value is -1.40. The summed E-state index contributed by atoms with van der Waals surface area (Å²) in [5, 5.41) is 9.37. The van der Waals surface area contributed by atoms with E-state index >= 15 is 0 Å². The second-order valence-corrected chi connectivity index (χ2v) is 5.94. The zero-order valence-electron chi connectivity index (χ0n) is 12.6. The molecule has 0 spiro atoms. The van der Waals surface area contributed by atoms with Crippen LogP contribution in [0.1, 0.15) is 38.3 Å². The first-order chi connectivity index (χ1) is 9.74. The Labute approximate surface area is 122 Å². The van der Waals surface area contributed by atoms with E-state index in [4.69, 9.17) is 0 Å². The predicted molar refractivity (Wildman–Crippen MR) is 81.1 cm³/mol. The molecule has 0 N–H and O–H groups in total. The molecule has 20 heavy (non-hydrogen) atoms.